The van der Waals surface area contributed by atoms with Crippen molar-refractivity contribution in [2.45, 2.75) is 32.1 Å². The van der Waals surface area contributed by atoms with Gasteiger partial charge in [-0.1, -0.05) is 30.7 Å². The van der Waals surface area contributed by atoms with Gasteiger partial charge in [0.2, 0.25) is 0 Å². The minimum atomic E-state index is 0.475. The largest absolute Gasteiger partial charge is 0.306 e. The Labute approximate surface area is 112 Å². The van der Waals surface area contributed by atoms with E-state index in [1.165, 1.54) is 18.4 Å². The molecule has 2 aromatic rings. The average molecular weight is 261 g/mol. The summed E-state index contributed by atoms with van der Waals surface area (Å²) in [6.07, 6.45) is 13.9. The predicted octanol–water partition coefficient (Wildman–Crippen LogP) is 4.45. The summed E-state index contributed by atoms with van der Waals surface area (Å²) in [5.41, 5.74) is 2.39. The van der Waals surface area contributed by atoms with E-state index in [9.17, 15) is 0 Å². The highest BCUT2D eigenvalue weighted by Gasteiger charge is 2.23. The van der Waals surface area contributed by atoms with Crippen molar-refractivity contribution in [2.24, 2.45) is 5.92 Å². The molecule has 0 fully saturated rings. The molecule has 0 bridgehead atoms. The van der Waals surface area contributed by atoms with Gasteiger partial charge in [-0.3, -0.25) is 0 Å². The maximum absolute atomic E-state index is 6.42. The van der Waals surface area contributed by atoms with Crippen LogP contribution in [0.2, 0.25) is 5.02 Å². The Hall–Kier alpha value is -1.28. The van der Waals surface area contributed by atoms with Gasteiger partial charge < -0.3 is 4.40 Å². The summed E-state index contributed by atoms with van der Waals surface area (Å²) >= 11 is 6.42. The van der Waals surface area contributed by atoms with E-state index in [1.807, 2.05) is 24.8 Å². The Morgan fingerprint density at radius 3 is 3.11 bits per heavy atom. The van der Waals surface area contributed by atoms with Crippen LogP contribution in [-0.4, -0.2) is 9.38 Å². The van der Waals surface area contributed by atoms with Crippen LogP contribution in [0.1, 0.15) is 37.7 Å². The average Bonchev–Trinajstić information content (AvgIpc) is 2.87. The zero-order valence-corrected chi connectivity index (χ0v) is 11.3. The molecule has 2 nitrogen and oxygen atoms in total. The molecule has 0 spiro atoms. The molecule has 2 unspecified atom stereocenters. The lowest BCUT2D eigenvalue weighted by Crippen LogP contribution is -2.13. The third kappa shape index (κ3) is 1.95. The standard InChI is InChI=1S/C15H17ClN2/c1-11(12-5-3-2-4-6-12)15-13(16)7-8-18-10-17-9-14(15)18/h2-3,7-12H,4-6H2,1H3. The molecule has 0 N–H and O–H groups in total. The molecule has 94 valence electrons. The van der Waals surface area contributed by atoms with Crippen molar-refractivity contribution in [2.75, 3.05) is 0 Å². The molecule has 2 heterocycles. The summed E-state index contributed by atoms with van der Waals surface area (Å²) in [4.78, 5) is 4.22. The van der Waals surface area contributed by atoms with E-state index in [1.54, 1.807) is 0 Å². The summed E-state index contributed by atoms with van der Waals surface area (Å²) in [7, 11) is 0. The maximum Gasteiger partial charge on any atom is 0.0992 e. The molecule has 18 heavy (non-hydrogen) atoms. The smallest absolute Gasteiger partial charge is 0.0992 e. The van der Waals surface area contributed by atoms with Gasteiger partial charge in [-0.2, -0.15) is 0 Å². The monoisotopic (exact) mass is 260 g/mol. The van der Waals surface area contributed by atoms with Gasteiger partial charge in [-0.25, -0.2) is 4.98 Å². The Kier molecular flexibility index (Phi) is 3.13. The molecule has 1 aliphatic carbocycles. The highest BCUT2D eigenvalue weighted by atomic mass is 35.5. The zero-order chi connectivity index (χ0) is 12.5. The SMILES string of the molecule is CC(c1c(Cl)ccn2cncc12)C1CC=CCC1. The first-order valence-electron chi connectivity index (χ1n) is 6.52. The van der Waals surface area contributed by atoms with Gasteiger partial charge in [-0.05, 0) is 42.7 Å². The maximum atomic E-state index is 6.42. The second kappa shape index (κ2) is 4.77. The summed E-state index contributed by atoms with van der Waals surface area (Å²) in [6.45, 7) is 2.29. The topological polar surface area (TPSA) is 17.3 Å². The third-order valence-corrected chi connectivity index (χ3v) is 4.38. The lowest BCUT2D eigenvalue weighted by atomic mass is 9.80. The molecule has 0 saturated heterocycles. The Balaban J connectivity index is 2.04. The van der Waals surface area contributed by atoms with Crippen LogP contribution >= 0.6 is 11.6 Å². The molecular weight excluding hydrogens is 244 g/mol. The highest BCUT2D eigenvalue weighted by molar-refractivity contribution is 6.31. The van der Waals surface area contributed by atoms with Gasteiger partial charge in [0.1, 0.15) is 0 Å². The van der Waals surface area contributed by atoms with Crippen LogP contribution in [-0.2, 0) is 0 Å². The lowest BCUT2D eigenvalue weighted by Gasteiger charge is -2.26. The number of hydrogen-bond donors (Lipinski definition) is 0. The minimum Gasteiger partial charge on any atom is -0.306 e. The second-order valence-corrected chi connectivity index (χ2v) is 5.50. The molecule has 2 aromatic heterocycles. The summed E-state index contributed by atoms with van der Waals surface area (Å²) in [6, 6.07) is 1.97. The Morgan fingerprint density at radius 1 is 1.44 bits per heavy atom. The number of rotatable bonds is 2. The zero-order valence-electron chi connectivity index (χ0n) is 10.5. The van der Waals surface area contributed by atoms with Crippen molar-refractivity contribution >= 4 is 17.1 Å². The van der Waals surface area contributed by atoms with E-state index < -0.39 is 0 Å². The minimum absolute atomic E-state index is 0.475. The summed E-state index contributed by atoms with van der Waals surface area (Å²) in [5.74, 6) is 1.16. The lowest BCUT2D eigenvalue weighted by molar-refractivity contribution is 0.411. The van der Waals surface area contributed by atoms with Gasteiger partial charge >= 0.3 is 0 Å². The third-order valence-electron chi connectivity index (χ3n) is 4.05. The van der Waals surface area contributed by atoms with E-state index in [0.717, 1.165) is 17.0 Å². The molecule has 0 amide bonds. The number of aromatic nitrogens is 2. The summed E-state index contributed by atoms with van der Waals surface area (Å²) in [5, 5.41) is 0.866. The van der Waals surface area contributed by atoms with Crippen molar-refractivity contribution in [3.8, 4) is 0 Å². The van der Waals surface area contributed by atoms with Crippen LogP contribution in [0.25, 0.3) is 5.52 Å². The number of pyridine rings is 1. The number of halogens is 1. The Bertz CT molecular complexity index is 585. The molecule has 3 heteroatoms. The van der Waals surface area contributed by atoms with E-state index in [-0.39, 0.29) is 0 Å². The van der Waals surface area contributed by atoms with Crippen molar-refractivity contribution in [1.29, 1.82) is 0 Å². The molecule has 1 aliphatic rings. The first kappa shape index (κ1) is 11.8. The predicted molar refractivity (Wildman–Crippen MR) is 75.1 cm³/mol. The fourth-order valence-corrected chi connectivity index (χ4v) is 3.27. The van der Waals surface area contributed by atoms with Crippen molar-refractivity contribution in [3.63, 3.8) is 0 Å². The van der Waals surface area contributed by atoms with Crippen LogP contribution in [0.4, 0.5) is 0 Å². The molecule has 2 atom stereocenters. The fourth-order valence-electron chi connectivity index (χ4n) is 2.95. The normalized spacial score (nSPS) is 21.3. The molecule has 0 aliphatic heterocycles. The number of nitrogens with zero attached hydrogens (tertiary/aromatic N) is 2. The molecule has 3 rings (SSSR count). The van der Waals surface area contributed by atoms with Crippen molar-refractivity contribution in [1.82, 2.24) is 9.38 Å². The van der Waals surface area contributed by atoms with E-state index in [2.05, 4.69) is 28.5 Å². The quantitative estimate of drug-likeness (QED) is 0.730. The van der Waals surface area contributed by atoms with Crippen LogP contribution in [0.5, 0.6) is 0 Å². The highest BCUT2D eigenvalue weighted by Crippen LogP contribution is 2.38. The van der Waals surface area contributed by atoms with Gasteiger partial charge in [0.25, 0.3) is 0 Å². The van der Waals surface area contributed by atoms with Crippen LogP contribution in [0, 0.1) is 5.92 Å². The molecule has 0 saturated carbocycles. The van der Waals surface area contributed by atoms with Crippen molar-refractivity contribution in [3.05, 3.63) is 47.5 Å². The fraction of sp³-hybridized carbons (Fsp3) is 0.400. The first-order chi connectivity index (χ1) is 8.77. The van der Waals surface area contributed by atoms with Gasteiger partial charge in [0.15, 0.2) is 0 Å². The van der Waals surface area contributed by atoms with Gasteiger partial charge in [0, 0.05) is 11.2 Å². The van der Waals surface area contributed by atoms with Crippen LogP contribution in [0.3, 0.4) is 0 Å². The number of allylic oxidation sites excluding steroid dienone is 2. The molecule has 0 aromatic carbocycles. The van der Waals surface area contributed by atoms with Crippen molar-refractivity contribution < 1.29 is 0 Å². The number of hydrogen-bond acceptors (Lipinski definition) is 1. The number of imidazole rings is 1. The summed E-state index contributed by atoms with van der Waals surface area (Å²) < 4.78 is 2.05. The first-order valence-corrected chi connectivity index (χ1v) is 6.90. The van der Waals surface area contributed by atoms with E-state index >= 15 is 0 Å². The number of fused-ring (bicyclic) bond motifs is 1. The van der Waals surface area contributed by atoms with Gasteiger partial charge in [0.05, 0.1) is 18.0 Å². The van der Waals surface area contributed by atoms with Gasteiger partial charge in [-0.15, -0.1) is 0 Å². The van der Waals surface area contributed by atoms with Crippen LogP contribution < -0.4 is 0 Å². The van der Waals surface area contributed by atoms with Crippen LogP contribution in [0.15, 0.2) is 36.9 Å². The molecular formula is C15H17ClN2. The van der Waals surface area contributed by atoms with E-state index in [0.29, 0.717) is 11.8 Å². The Morgan fingerprint density at radius 2 is 2.33 bits per heavy atom. The van der Waals surface area contributed by atoms with E-state index in [4.69, 9.17) is 11.6 Å². The molecule has 0 radical (unpaired) electrons. The second-order valence-electron chi connectivity index (χ2n) is 5.10.